The first-order valence-corrected chi connectivity index (χ1v) is 9.43. The highest BCUT2D eigenvalue weighted by Gasteiger charge is 2.24. The lowest BCUT2D eigenvalue weighted by molar-refractivity contribution is 0.0533. The highest BCUT2D eigenvalue weighted by molar-refractivity contribution is 7.10. The first-order valence-electron chi connectivity index (χ1n) is 8.55. The second kappa shape index (κ2) is 7.99. The van der Waals surface area contributed by atoms with Crippen molar-refractivity contribution in [3.8, 4) is 0 Å². The van der Waals surface area contributed by atoms with Crippen LogP contribution in [0.25, 0.3) is 0 Å². The largest absolute Gasteiger partial charge is 0.386 e. The maximum absolute atomic E-state index is 12.7. The molecule has 1 amide bonds. The van der Waals surface area contributed by atoms with Crippen LogP contribution in [0.4, 0.5) is 5.69 Å². The highest BCUT2D eigenvalue weighted by atomic mass is 32.1. The summed E-state index contributed by atoms with van der Waals surface area (Å²) in [7, 11) is 3.95. The van der Waals surface area contributed by atoms with Gasteiger partial charge < -0.3 is 14.9 Å². The molecule has 0 spiro atoms. The number of carbonyl (C=O) groups is 1. The Balaban J connectivity index is 1.55. The van der Waals surface area contributed by atoms with Crippen LogP contribution in [0, 0.1) is 0 Å². The van der Waals surface area contributed by atoms with E-state index in [1.54, 1.807) is 11.3 Å². The number of β-amino-alcohol motifs (C(OH)–C–C–N with tert-alkyl or cyclic N) is 1. The Kier molecular flexibility index (Phi) is 5.73. The van der Waals surface area contributed by atoms with E-state index in [2.05, 4.69) is 4.90 Å². The zero-order valence-corrected chi connectivity index (χ0v) is 15.6. The fourth-order valence-electron chi connectivity index (χ4n) is 3.05. The zero-order valence-electron chi connectivity index (χ0n) is 14.8. The summed E-state index contributed by atoms with van der Waals surface area (Å²) in [5.74, 6) is 0.0853. The van der Waals surface area contributed by atoms with Crippen LogP contribution >= 0.6 is 11.3 Å². The molecule has 2 aromatic rings. The van der Waals surface area contributed by atoms with Gasteiger partial charge in [0.25, 0.3) is 5.91 Å². The van der Waals surface area contributed by atoms with Gasteiger partial charge in [-0.2, -0.15) is 0 Å². The molecule has 0 bridgehead atoms. The predicted molar refractivity (Wildman–Crippen MR) is 102 cm³/mol. The number of rotatable bonds is 5. The fraction of sp³-hybridized carbons (Fsp3) is 0.421. The second-order valence-corrected chi connectivity index (χ2v) is 7.55. The molecule has 0 aliphatic carbocycles. The number of aliphatic hydroxyl groups excluding tert-OH is 1. The quantitative estimate of drug-likeness (QED) is 0.890. The number of thiophene rings is 1. The fourth-order valence-corrected chi connectivity index (χ4v) is 3.75. The van der Waals surface area contributed by atoms with Gasteiger partial charge in [-0.15, -0.1) is 11.3 Å². The average molecular weight is 359 g/mol. The SMILES string of the molecule is CN(C)c1cccc(C(=O)N2CCN(CC(O)c3cccs3)CC2)c1. The molecule has 1 aliphatic heterocycles. The molecule has 1 atom stereocenters. The van der Waals surface area contributed by atoms with Crippen LogP contribution in [0.3, 0.4) is 0 Å². The number of anilines is 1. The van der Waals surface area contributed by atoms with Gasteiger partial charge in [-0.1, -0.05) is 12.1 Å². The Morgan fingerprint density at radius 3 is 2.60 bits per heavy atom. The lowest BCUT2D eigenvalue weighted by Crippen LogP contribution is -2.49. The van der Waals surface area contributed by atoms with Crippen LogP contribution in [-0.4, -0.2) is 67.6 Å². The van der Waals surface area contributed by atoms with Gasteiger partial charge in [0.1, 0.15) is 6.10 Å². The Hall–Kier alpha value is -1.89. The van der Waals surface area contributed by atoms with E-state index in [1.165, 1.54) is 0 Å². The number of amides is 1. The first kappa shape index (κ1) is 17.9. The van der Waals surface area contributed by atoms with Crippen molar-refractivity contribution in [2.75, 3.05) is 51.7 Å². The highest BCUT2D eigenvalue weighted by Crippen LogP contribution is 2.21. The van der Waals surface area contributed by atoms with Gasteiger partial charge in [-0.25, -0.2) is 0 Å². The molecule has 2 heterocycles. The van der Waals surface area contributed by atoms with Gasteiger partial charge in [0.05, 0.1) is 0 Å². The van der Waals surface area contributed by atoms with Gasteiger partial charge >= 0.3 is 0 Å². The van der Waals surface area contributed by atoms with E-state index >= 15 is 0 Å². The topological polar surface area (TPSA) is 47.0 Å². The molecule has 1 aliphatic rings. The van der Waals surface area contributed by atoms with Crippen molar-refractivity contribution in [1.29, 1.82) is 0 Å². The minimum absolute atomic E-state index is 0.0853. The van der Waals surface area contributed by atoms with Crippen molar-refractivity contribution in [3.05, 3.63) is 52.2 Å². The maximum Gasteiger partial charge on any atom is 0.254 e. The average Bonchev–Trinajstić information content (AvgIpc) is 3.17. The third kappa shape index (κ3) is 4.39. The Morgan fingerprint density at radius 2 is 1.96 bits per heavy atom. The van der Waals surface area contributed by atoms with Crippen molar-refractivity contribution in [3.63, 3.8) is 0 Å². The van der Waals surface area contributed by atoms with Crippen molar-refractivity contribution in [2.45, 2.75) is 6.10 Å². The zero-order chi connectivity index (χ0) is 17.8. The molecular weight excluding hydrogens is 334 g/mol. The Morgan fingerprint density at radius 1 is 1.20 bits per heavy atom. The summed E-state index contributed by atoms with van der Waals surface area (Å²) in [6.07, 6.45) is -0.445. The first-order chi connectivity index (χ1) is 12.0. The van der Waals surface area contributed by atoms with Gasteiger partial charge in [0.15, 0.2) is 0 Å². The van der Waals surface area contributed by atoms with E-state index < -0.39 is 6.10 Å². The standard InChI is InChI=1S/C19H25N3O2S/c1-20(2)16-6-3-5-15(13-16)19(24)22-10-8-21(9-11-22)14-17(23)18-7-4-12-25-18/h3-7,12-13,17,23H,8-11,14H2,1-2H3. The molecule has 5 nitrogen and oxygen atoms in total. The lowest BCUT2D eigenvalue weighted by Gasteiger charge is -2.35. The predicted octanol–water partition coefficient (Wildman–Crippen LogP) is 2.31. The lowest BCUT2D eigenvalue weighted by atomic mass is 10.1. The number of carbonyl (C=O) groups excluding carboxylic acids is 1. The summed E-state index contributed by atoms with van der Waals surface area (Å²) in [4.78, 5) is 19.9. The van der Waals surface area contributed by atoms with Gasteiger partial charge in [0.2, 0.25) is 0 Å². The van der Waals surface area contributed by atoms with Crippen LogP contribution in [0.1, 0.15) is 21.3 Å². The van der Waals surface area contributed by atoms with Crippen molar-refractivity contribution in [2.24, 2.45) is 0 Å². The monoisotopic (exact) mass is 359 g/mol. The van der Waals surface area contributed by atoms with Crippen LogP contribution in [-0.2, 0) is 0 Å². The number of hydrogen-bond donors (Lipinski definition) is 1. The summed E-state index contributed by atoms with van der Waals surface area (Å²) in [5, 5.41) is 12.3. The van der Waals surface area contributed by atoms with Crippen molar-refractivity contribution in [1.82, 2.24) is 9.80 Å². The molecule has 1 aromatic carbocycles. The van der Waals surface area contributed by atoms with E-state index in [1.807, 2.05) is 65.7 Å². The third-order valence-electron chi connectivity index (χ3n) is 4.57. The molecule has 1 unspecified atom stereocenters. The number of piperazine rings is 1. The van der Waals surface area contributed by atoms with E-state index in [0.29, 0.717) is 19.6 Å². The van der Waals surface area contributed by atoms with Gasteiger partial charge in [-0.3, -0.25) is 9.69 Å². The molecule has 1 N–H and O–H groups in total. The van der Waals surface area contributed by atoms with Crippen molar-refractivity contribution >= 4 is 22.9 Å². The Bertz CT molecular complexity index is 694. The van der Waals surface area contributed by atoms with E-state index in [4.69, 9.17) is 0 Å². The smallest absolute Gasteiger partial charge is 0.254 e. The molecular formula is C19H25N3O2S. The van der Waals surface area contributed by atoms with Gasteiger partial charge in [-0.05, 0) is 29.6 Å². The maximum atomic E-state index is 12.7. The molecule has 6 heteroatoms. The van der Waals surface area contributed by atoms with E-state index in [-0.39, 0.29) is 5.91 Å². The minimum atomic E-state index is -0.445. The number of aliphatic hydroxyl groups is 1. The van der Waals surface area contributed by atoms with Crippen molar-refractivity contribution < 1.29 is 9.90 Å². The molecule has 1 fully saturated rings. The number of nitrogens with zero attached hydrogens (tertiary/aromatic N) is 3. The minimum Gasteiger partial charge on any atom is -0.386 e. The van der Waals surface area contributed by atoms with E-state index in [9.17, 15) is 9.90 Å². The van der Waals surface area contributed by atoms with Crippen LogP contribution in [0.2, 0.25) is 0 Å². The van der Waals surface area contributed by atoms with E-state index in [0.717, 1.165) is 29.2 Å². The molecule has 0 radical (unpaired) electrons. The number of benzene rings is 1. The molecule has 25 heavy (non-hydrogen) atoms. The van der Waals surface area contributed by atoms with Crippen LogP contribution in [0.5, 0.6) is 0 Å². The molecule has 1 saturated heterocycles. The summed E-state index contributed by atoms with van der Waals surface area (Å²) in [6.45, 7) is 3.60. The molecule has 134 valence electrons. The van der Waals surface area contributed by atoms with Gasteiger partial charge in [0, 0.05) is 62.9 Å². The molecule has 3 rings (SSSR count). The normalized spacial score (nSPS) is 16.7. The van der Waals surface area contributed by atoms with Crippen LogP contribution in [0.15, 0.2) is 41.8 Å². The third-order valence-corrected chi connectivity index (χ3v) is 5.55. The molecule has 0 saturated carbocycles. The Labute approximate surface area is 153 Å². The summed E-state index contributed by atoms with van der Waals surface area (Å²) >= 11 is 1.58. The summed E-state index contributed by atoms with van der Waals surface area (Å²) < 4.78 is 0. The summed E-state index contributed by atoms with van der Waals surface area (Å²) in [6, 6.07) is 11.7. The van der Waals surface area contributed by atoms with Crippen LogP contribution < -0.4 is 4.90 Å². The molecule has 1 aromatic heterocycles. The summed E-state index contributed by atoms with van der Waals surface area (Å²) in [5.41, 5.74) is 1.77. The number of hydrogen-bond acceptors (Lipinski definition) is 5. The second-order valence-electron chi connectivity index (χ2n) is 6.57.